The Morgan fingerprint density at radius 3 is 2.35 bits per heavy atom. The molecule has 3 rings (SSSR count). The molecular formula is C30H42BrClN2O2S. The maximum atomic E-state index is 13.1. The number of amides is 1. The van der Waals surface area contributed by atoms with E-state index in [4.69, 9.17) is 16.3 Å². The van der Waals surface area contributed by atoms with Crippen LogP contribution in [-0.2, 0) is 6.54 Å². The van der Waals surface area contributed by atoms with E-state index in [9.17, 15) is 4.79 Å². The van der Waals surface area contributed by atoms with Crippen LogP contribution in [0, 0.1) is 0 Å². The molecule has 0 aromatic heterocycles. The number of carbonyl (C=O) groups excluding carboxylic acids is 1. The number of unbranched alkanes of at least 4 members (excludes halogenated alkanes) is 9. The van der Waals surface area contributed by atoms with Crippen molar-refractivity contribution < 1.29 is 9.53 Å². The molecule has 0 radical (unpaired) electrons. The van der Waals surface area contributed by atoms with Crippen LogP contribution in [0.4, 0.5) is 5.69 Å². The van der Waals surface area contributed by atoms with Crippen LogP contribution in [0.1, 0.15) is 94.0 Å². The predicted molar refractivity (Wildman–Crippen MR) is 165 cm³/mol. The number of allylic oxidation sites excluding steroid dienone is 1. The third-order valence-corrected chi connectivity index (χ3v) is 7.67. The first-order valence-corrected chi connectivity index (χ1v) is 14.8. The average molecular weight is 610 g/mol. The smallest absolute Gasteiger partial charge is 0.259 e. The third kappa shape index (κ3) is 11.3. The molecule has 4 nitrogen and oxygen atoms in total. The number of ether oxygens (including phenoxy) is 1. The first-order chi connectivity index (χ1) is 17.6. The van der Waals surface area contributed by atoms with Gasteiger partial charge in [0.2, 0.25) is 0 Å². The Balaban J connectivity index is 0.00000481. The van der Waals surface area contributed by atoms with Crippen LogP contribution in [0.15, 0.2) is 53.6 Å². The largest absolute Gasteiger partial charge is 0.491 e. The Hall–Kier alpha value is -1.63. The molecule has 2 aromatic rings. The van der Waals surface area contributed by atoms with Gasteiger partial charge in [0.15, 0.2) is 5.75 Å². The van der Waals surface area contributed by atoms with Gasteiger partial charge in [0.05, 0.1) is 23.1 Å². The van der Waals surface area contributed by atoms with Crippen molar-refractivity contribution in [2.24, 2.45) is 0 Å². The van der Waals surface area contributed by atoms with E-state index in [1.165, 1.54) is 56.3 Å². The molecule has 0 atom stereocenters. The first-order valence-electron chi connectivity index (χ1n) is 13.4. The fourth-order valence-electron chi connectivity index (χ4n) is 4.39. The van der Waals surface area contributed by atoms with Gasteiger partial charge in [-0.1, -0.05) is 94.5 Å². The van der Waals surface area contributed by atoms with E-state index in [0.717, 1.165) is 36.5 Å². The van der Waals surface area contributed by atoms with E-state index >= 15 is 0 Å². The van der Waals surface area contributed by atoms with Gasteiger partial charge in [-0.05, 0) is 48.1 Å². The maximum absolute atomic E-state index is 13.1. The van der Waals surface area contributed by atoms with Crippen molar-refractivity contribution in [3.05, 3.63) is 69.7 Å². The number of halogens is 2. The number of benzene rings is 2. The van der Waals surface area contributed by atoms with Crippen molar-refractivity contribution >= 4 is 51.9 Å². The van der Waals surface area contributed by atoms with Gasteiger partial charge in [-0.25, -0.2) is 0 Å². The highest BCUT2D eigenvalue weighted by atomic mass is 79.9. The summed E-state index contributed by atoms with van der Waals surface area (Å²) in [4.78, 5) is 16.7. The van der Waals surface area contributed by atoms with Crippen LogP contribution < -0.4 is 10.1 Å². The SMILES string of the molecule is Br.CCCCCCCCCCCCOc1c(Cl)cccc1C(=O)Nc1cccc(CN2C=C(C)SC2)c1. The predicted octanol–water partition coefficient (Wildman–Crippen LogP) is 9.84. The lowest BCUT2D eigenvalue weighted by atomic mass is 10.1. The minimum Gasteiger partial charge on any atom is -0.491 e. The number of hydrogen-bond donors (Lipinski definition) is 1. The Kier molecular flexibility index (Phi) is 15.2. The quantitative estimate of drug-likeness (QED) is 0.192. The highest BCUT2D eigenvalue weighted by molar-refractivity contribution is 8.93. The summed E-state index contributed by atoms with van der Waals surface area (Å²) in [6.07, 6.45) is 14.9. The Morgan fingerprint density at radius 2 is 1.68 bits per heavy atom. The summed E-state index contributed by atoms with van der Waals surface area (Å²) in [6.45, 7) is 5.77. The van der Waals surface area contributed by atoms with Gasteiger partial charge in [0, 0.05) is 18.4 Å². The van der Waals surface area contributed by atoms with Crippen molar-refractivity contribution in [2.45, 2.75) is 84.6 Å². The fourth-order valence-corrected chi connectivity index (χ4v) is 5.37. The van der Waals surface area contributed by atoms with Crippen molar-refractivity contribution in [1.29, 1.82) is 0 Å². The van der Waals surface area contributed by atoms with E-state index in [1.54, 1.807) is 18.2 Å². The molecule has 2 aromatic carbocycles. The minimum absolute atomic E-state index is 0. The van der Waals surface area contributed by atoms with E-state index in [2.05, 4.69) is 36.3 Å². The van der Waals surface area contributed by atoms with E-state index in [-0.39, 0.29) is 22.9 Å². The molecule has 1 amide bonds. The standard InChI is InChI=1S/C30H41ClN2O2S.BrH/c1-3-4-5-6-7-8-9-10-11-12-19-35-29-27(17-14-18-28(29)31)30(34)32-26-16-13-15-25(20-26)22-33-21-24(2)36-23-33;/h13-18,20-21H,3-12,19,22-23H2,1-2H3,(H,32,34);1H. The summed E-state index contributed by atoms with van der Waals surface area (Å²) in [5.74, 6) is 1.23. The van der Waals surface area contributed by atoms with Crippen LogP contribution in [-0.4, -0.2) is 23.3 Å². The molecule has 1 heterocycles. The molecule has 0 saturated heterocycles. The molecule has 0 aliphatic carbocycles. The Morgan fingerprint density at radius 1 is 1.00 bits per heavy atom. The number of para-hydroxylation sites is 1. The second-order valence-electron chi connectivity index (χ2n) is 9.56. The zero-order valence-electron chi connectivity index (χ0n) is 22.3. The number of hydrogen-bond acceptors (Lipinski definition) is 4. The zero-order valence-corrected chi connectivity index (χ0v) is 25.6. The lowest BCUT2D eigenvalue weighted by molar-refractivity contribution is 0.102. The van der Waals surface area contributed by atoms with E-state index < -0.39 is 0 Å². The number of thioether (sulfide) groups is 1. The van der Waals surface area contributed by atoms with E-state index in [1.807, 2.05) is 30.0 Å². The van der Waals surface area contributed by atoms with Crippen molar-refractivity contribution in [3.8, 4) is 5.75 Å². The molecule has 37 heavy (non-hydrogen) atoms. The van der Waals surface area contributed by atoms with Crippen molar-refractivity contribution in [2.75, 3.05) is 17.8 Å². The summed E-state index contributed by atoms with van der Waals surface area (Å²) in [7, 11) is 0. The highest BCUT2D eigenvalue weighted by Gasteiger charge is 2.16. The normalized spacial score (nSPS) is 12.7. The number of carbonyl (C=O) groups is 1. The monoisotopic (exact) mass is 608 g/mol. The Labute approximate surface area is 243 Å². The highest BCUT2D eigenvalue weighted by Crippen LogP contribution is 2.30. The molecule has 1 N–H and O–H groups in total. The second kappa shape index (κ2) is 17.8. The summed E-state index contributed by atoms with van der Waals surface area (Å²) < 4.78 is 6.01. The lowest BCUT2D eigenvalue weighted by Crippen LogP contribution is -2.15. The number of rotatable bonds is 16. The number of nitrogens with zero attached hydrogens (tertiary/aromatic N) is 1. The molecule has 0 fully saturated rings. The van der Waals surface area contributed by atoms with Crippen LogP contribution >= 0.6 is 40.3 Å². The molecule has 7 heteroatoms. The minimum atomic E-state index is -0.208. The molecule has 0 spiro atoms. The first kappa shape index (κ1) is 31.6. The van der Waals surface area contributed by atoms with Gasteiger partial charge < -0.3 is 15.0 Å². The summed E-state index contributed by atoms with van der Waals surface area (Å²) in [5, 5.41) is 3.50. The van der Waals surface area contributed by atoms with Crippen LogP contribution in [0.2, 0.25) is 5.02 Å². The Bertz CT molecular complexity index is 1000. The molecule has 1 aliphatic heterocycles. The molecule has 0 unspecified atom stereocenters. The fraction of sp³-hybridized carbons (Fsp3) is 0.500. The number of anilines is 1. The van der Waals surface area contributed by atoms with Crippen molar-refractivity contribution in [3.63, 3.8) is 0 Å². The van der Waals surface area contributed by atoms with E-state index in [0.29, 0.717) is 22.9 Å². The number of nitrogens with one attached hydrogen (secondary N) is 1. The molecule has 0 saturated carbocycles. The zero-order chi connectivity index (χ0) is 25.6. The summed E-state index contributed by atoms with van der Waals surface area (Å²) in [6, 6.07) is 13.3. The van der Waals surface area contributed by atoms with Crippen molar-refractivity contribution in [1.82, 2.24) is 4.90 Å². The maximum Gasteiger partial charge on any atom is 0.259 e. The molecule has 1 aliphatic rings. The van der Waals surface area contributed by atoms with Gasteiger partial charge in [0.25, 0.3) is 5.91 Å². The van der Waals surface area contributed by atoms with Gasteiger partial charge in [-0.15, -0.1) is 28.7 Å². The topological polar surface area (TPSA) is 41.6 Å². The summed E-state index contributed by atoms with van der Waals surface area (Å²) in [5.41, 5.74) is 2.39. The lowest BCUT2D eigenvalue weighted by Gasteiger charge is -2.16. The van der Waals surface area contributed by atoms with Gasteiger partial charge in [0.1, 0.15) is 0 Å². The van der Waals surface area contributed by atoms with Crippen LogP contribution in [0.3, 0.4) is 0 Å². The third-order valence-electron chi connectivity index (χ3n) is 6.35. The van der Waals surface area contributed by atoms with Gasteiger partial charge in [-0.3, -0.25) is 4.79 Å². The molecule has 0 bridgehead atoms. The van der Waals surface area contributed by atoms with Crippen LogP contribution in [0.25, 0.3) is 0 Å². The molecule has 204 valence electrons. The van der Waals surface area contributed by atoms with Crippen LogP contribution in [0.5, 0.6) is 5.75 Å². The second-order valence-corrected chi connectivity index (χ2v) is 11.2. The summed E-state index contributed by atoms with van der Waals surface area (Å²) >= 11 is 8.27. The van der Waals surface area contributed by atoms with Gasteiger partial charge >= 0.3 is 0 Å². The molecular weight excluding hydrogens is 568 g/mol. The van der Waals surface area contributed by atoms with Gasteiger partial charge in [-0.2, -0.15) is 0 Å². The average Bonchev–Trinajstić information content (AvgIpc) is 3.27.